The van der Waals surface area contributed by atoms with E-state index in [9.17, 15) is 4.79 Å². The molecule has 1 aliphatic rings. The van der Waals surface area contributed by atoms with Crippen molar-refractivity contribution >= 4 is 5.78 Å². The number of hydrogen-bond acceptors (Lipinski definition) is 3. The summed E-state index contributed by atoms with van der Waals surface area (Å²) in [4.78, 5) is 19.1. The van der Waals surface area contributed by atoms with Crippen LogP contribution in [0, 0.1) is 6.92 Å². The standard InChI is InChI=1S/C18H21N3O/c1-13-2-4-14(5-3-13)15-8-17(10-18(22)9-15)20-7-6-16-11-19-12-21-16/h2-5,10-12,15,20H,6-9H2,1H3,(H,19,21). The smallest absolute Gasteiger partial charge is 0.158 e. The number of carbonyl (C=O) groups excluding carboxylic acids is 1. The first-order chi connectivity index (χ1) is 10.7. The van der Waals surface area contributed by atoms with E-state index in [0.29, 0.717) is 6.42 Å². The Morgan fingerprint density at radius 1 is 1.27 bits per heavy atom. The Bertz CT molecular complexity index is 656. The number of aryl methyl sites for hydroxylation is 1. The van der Waals surface area contributed by atoms with E-state index in [1.807, 2.05) is 6.20 Å². The summed E-state index contributed by atoms with van der Waals surface area (Å²) in [5.41, 5.74) is 4.64. The number of carbonyl (C=O) groups is 1. The summed E-state index contributed by atoms with van der Waals surface area (Å²) in [7, 11) is 0. The van der Waals surface area contributed by atoms with Crippen molar-refractivity contribution in [3.63, 3.8) is 0 Å². The lowest BCUT2D eigenvalue weighted by atomic mass is 9.85. The Morgan fingerprint density at radius 3 is 2.82 bits per heavy atom. The van der Waals surface area contributed by atoms with Crippen molar-refractivity contribution in [2.24, 2.45) is 0 Å². The van der Waals surface area contributed by atoms with Crippen LogP contribution in [0.25, 0.3) is 0 Å². The minimum atomic E-state index is 0.209. The van der Waals surface area contributed by atoms with Crippen molar-refractivity contribution in [1.29, 1.82) is 0 Å². The van der Waals surface area contributed by atoms with Gasteiger partial charge in [0.15, 0.2) is 5.78 Å². The van der Waals surface area contributed by atoms with Gasteiger partial charge < -0.3 is 10.3 Å². The minimum absolute atomic E-state index is 0.209. The number of aromatic amines is 1. The number of ketones is 1. The van der Waals surface area contributed by atoms with Crippen molar-refractivity contribution in [2.45, 2.75) is 32.1 Å². The van der Waals surface area contributed by atoms with Crippen LogP contribution >= 0.6 is 0 Å². The highest BCUT2D eigenvalue weighted by molar-refractivity contribution is 5.91. The highest BCUT2D eigenvalue weighted by Gasteiger charge is 2.21. The topological polar surface area (TPSA) is 57.8 Å². The molecular formula is C18H21N3O. The first kappa shape index (κ1) is 14.6. The van der Waals surface area contributed by atoms with E-state index in [4.69, 9.17) is 0 Å². The van der Waals surface area contributed by atoms with Crippen molar-refractivity contribution in [3.05, 3.63) is 65.4 Å². The van der Waals surface area contributed by atoms with Crippen LogP contribution in [0.5, 0.6) is 0 Å². The molecule has 0 aliphatic heterocycles. The van der Waals surface area contributed by atoms with Crippen LogP contribution in [0.3, 0.4) is 0 Å². The largest absolute Gasteiger partial charge is 0.388 e. The summed E-state index contributed by atoms with van der Waals surface area (Å²) in [5, 5.41) is 3.39. The molecule has 1 atom stereocenters. The van der Waals surface area contributed by atoms with E-state index in [2.05, 4.69) is 46.5 Å². The zero-order valence-corrected chi connectivity index (χ0v) is 12.8. The summed E-state index contributed by atoms with van der Waals surface area (Å²) in [6.07, 6.45) is 7.66. The maximum Gasteiger partial charge on any atom is 0.158 e. The SMILES string of the molecule is Cc1ccc(C2CC(=O)C=C(NCCc3cnc[nH]3)C2)cc1. The molecule has 0 saturated carbocycles. The van der Waals surface area contributed by atoms with E-state index in [1.54, 1.807) is 12.4 Å². The van der Waals surface area contributed by atoms with Crippen molar-refractivity contribution in [3.8, 4) is 0 Å². The number of imidazole rings is 1. The van der Waals surface area contributed by atoms with E-state index in [1.165, 1.54) is 11.1 Å². The molecular weight excluding hydrogens is 274 g/mol. The molecule has 1 unspecified atom stereocenters. The fourth-order valence-electron chi connectivity index (χ4n) is 2.87. The highest BCUT2D eigenvalue weighted by Crippen LogP contribution is 2.30. The van der Waals surface area contributed by atoms with Crippen LogP contribution in [-0.4, -0.2) is 22.3 Å². The average molecular weight is 295 g/mol. The van der Waals surface area contributed by atoms with Crippen molar-refractivity contribution in [2.75, 3.05) is 6.54 Å². The van der Waals surface area contributed by atoms with E-state index >= 15 is 0 Å². The zero-order valence-electron chi connectivity index (χ0n) is 12.8. The summed E-state index contributed by atoms with van der Waals surface area (Å²) in [6, 6.07) is 8.51. The molecule has 0 saturated heterocycles. The molecule has 2 aromatic rings. The molecule has 0 amide bonds. The normalized spacial score (nSPS) is 18.1. The Kier molecular flexibility index (Phi) is 4.37. The fourth-order valence-corrected chi connectivity index (χ4v) is 2.87. The van der Waals surface area contributed by atoms with Crippen LogP contribution in [0.4, 0.5) is 0 Å². The Labute approximate surface area is 130 Å². The van der Waals surface area contributed by atoms with E-state index < -0.39 is 0 Å². The predicted octanol–water partition coefficient (Wildman–Crippen LogP) is 2.88. The Morgan fingerprint density at radius 2 is 2.09 bits per heavy atom. The summed E-state index contributed by atoms with van der Waals surface area (Å²) in [6.45, 7) is 2.89. The predicted molar refractivity (Wildman–Crippen MR) is 86.5 cm³/mol. The van der Waals surface area contributed by atoms with Gasteiger partial charge in [-0.3, -0.25) is 4.79 Å². The second-order valence-corrected chi connectivity index (χ2v) is 5.91. The van der Waals surface area contributed by atoms with Gasteiger partial charge in [0, 0.05) is 43.1 Å². The second-order valence-electron chi connectivity index (χ2n) is 5.91. The van der Waals surface area contributed by atoms with Gasteiger partial charge in [0.05, 0.1) is 6.33 Å². The number of hydrogen-bond donors (Lipinski definition) is 2. The van der Waals surface area contributed by atoms with Gasteiger partial charge in [0.1, 0.15) is 0 Å². The van der Waals surface area contributed by atoms with E-state index in [-0.39, 0.29) is 11.7 Å². The van der Waals surface area contributed by atoms with Gasteiger partial charge in [-0.1, -0.05) is 29.8 Å². The lowest BCUT2D eigenvalue weighted by molar-refractivity contribution is -0.115. The third-order valence-corrected chi connectivity index (χ3v) is 4.10. The maximum atomic E-state index is 12.0. The zero-order chi connectivity index (χ0) is 15.4. The lowest BCUT2D eigenvalue weighted by Gasteiger charge is -2.23. The lowest BCUT2D eigenvalue weighted by Crippen LogP contribution is -2.23. The van der Waals surface area contributed by atoms with Crippen LogP contribution in [0.2, 0.25) is 0 Å². The number of aromatic nitrogens is 2. The molecule has 1 heterocycles. The minimum Gasteiger partial charge on any atom is -0.388 e. The molecule has 0 fully saturated rings. The summed E-state index contributed by atoms with van der Waals surface area (Å²) >= 11 is 0. The van der Waals surface area contributed by atoms with Crippen molar-refractivity contribution < 1.29 is 4.79 Å². The summed E-state index contributed by atoms with van der Waals surface area (Å²) in [5.74, 6) is 0.494. The highest BCUT2D eigenvalue weighted by atomic mass is 16.1. The first-order valence-corrected chi connectivity index (χ1v) is 7.72. The molecule has 0 bridgehead atoms. The van der Waals surface area contributed by atoms with E-state index in [0.717, 1.165) is 30.8 Å². The number of nitrogens with one attached hydrogen (secondary N) is 2. The average Bonchev–Trinajstić information content (AvgIpc) is 3.01. The fraction of sp³-hybridized carbons (Fsp3) is 0.333. The molecule has 0 spiro atoms. The van der Waals surface area contributed by atoms with Gasteiger partial charge in [-0.15, -0.1) is 0 Å². The molecule has 4 heteroatoms. The van der Waals surface area contributed by atoms with Gasteiger partial charge >= 0.3 is 0 Å². The molecule has 1 aliphatic carbocycles. The number of H-pyrrole nitrogens is 1. The van der Waals surface area contributed by atoms with Crippen LogP contribution < -0.4 is 5.32 Å². The third-order valence-electron chi connectivity index (χ3n) is 4.10. The van der Waals surface area contributed by atoms with Crippen LogP contribution in [0.15, 0.2) is 48.6 Å². The molecule has 0 radical (unpaired) electrons. The molecule has 3 rings (SSSR count). The van der Waals surface area contributed by atoms with Gasteiger partial charge in [0.25, 0.3) is 0 Å². The van der Waals surface area contributed by atoms with Crippen molar-refractivity contribution in [1.82, 2.24) is 15.3 Å². The number of allylic oxidation sites excluding steroid dienone is 2. The molecule has 114 valence electrons. The molecule has 22 heavy (non-hydrogen) atoms. The summed E-state index contributed by atoms with van der Waals surface area (Å²) < 4.78 is 0. The Balaban J connectivity index is 1.60. The van der Waals surface area contributed by atoms with Gasteiger partial charge in [-0.2, -0.15) is 0 Å². The van der Waals surface area contributed by atoms with Crippen LogP contribution in [-0.2, 0) is 11.2 Å². The molecule has 1 aromatic heterocycles. The van der Waals surface area contributed by atoms with Gasteiger partial charge in [-0.25, -0.2) is 4.98 Å². The monoisotopic (exact) mass is 295 g/mol. The Hall–Kier alpha value is -2.36. The van der Waals surface area contributed by atoms with Gasteiger partial charge in [0.2, 0.25) is 0 Å². The second kappa shape index (κ2) is 6.60. The quantitative estimate of drug-likeness (QED) is 0.891. The molecule has 1 aromatic carbocycles. The third kappa shape index (κ3) is 3.64. The van der Waals surface area contributed by atoms with Gasteiger partial charge in [-0.05, 0) is 24.8 Å². The molecule has 2 N–H and O–H groups in total. The maximum absolute atomic E-state index is 12.0. The number of nitrogens with zero attached hydrogens (tertiary/aromatic N) is 1. The molecule has 4 nitrogen and oxygen atoms in total. The first-order valence-electron chi connectivity index (χ1n) is 7.72. The number of benzene rings is 1. The van der Waals surface area contributed by atoms with Crippen LogP contribution in [0.1, 0.15) is 35.6 Å². The number of rotatable bonds is 5.